The first kappa shape index (κ1) is 11.3. The van der Waals surface area contributed by atoms with E-state index in [4.69, 9.17) is 5.84 Å². The molecule has 0 saturated carbocycles. The third-order valence-corrected chi connectivity index (χ3v) is 3.46. The van der Waals surface area contributed by atoms with Gasteiger partial charge in [-0.1, -0.05) is 18.2 Å². The van der Waals surface area contributed by atoms with E-state index in [0.29, 0.717) is 5.56 Å². The molecule has 0 radical (unpaired) electrons. The number of rotatable bonds is 3. The summed E-state index contributed by atoms with van der Waals surface area (Å²) < 4.78 is 13.5. The molecule has 3 N–H and O–H groups in total. The monoisotopic (exact) mass is 236 g/mol. The normalized spacial score (nSPS) is 12.7. The highest BCUT2D eigenvalue weighted by molar-refractivity contribution is 7.10. The molecule has 1 unspecified atom stereocenters. The van der Waals surface area contributed by atoms with Crippen molar-refractivity contribution in [2.24, 2.45) is 5.84 Å². The Bertz CT molecular complexity index is 468. The van der Waals surface area contributed by atoms with E-state index in [1.165, 1.54) is 6.07 Å². The lowest BCUT2D eigenvalue weighted by Gasteiger charge is -2.15. The number of hydrogen-bond acceptors (Lipinski definition) is 3. The lowest BCUT2D eigenvalue weighted by molar-refractivity contribution is 0.602. The van der Waals surface area contributed by atoms with Crippen LogP contribution < -0.4 is 11.3 Å². The number of hydrazine groups is 1. The molecule has 1 atom stereocenters. The van der Waals surface area contributed by atoms with E-state index in [2.05, 4.69) is 5.43 Å². The Kier molecular flexibility index (Phi) is 3.33. The summed E-state index contributed by atoms with van der Waals surface area (Å²) in [5.74, 6) is 5.32. The molecule has 16 heavy (non-hydrogen) atoms. The molecule has 2 nitrogen and oxygen atoms in total. The molecule has 4 heteroatoms. The standard InChI is InChI=1S/C12H13FN2S/c1-8-4-5-9(7-10(8)13)12(15-14)11-3-2-6-16-11/h2-7,12,15H,14H2,1H3. The van der Waals surface area contributed by atoms with E-state index in [9.17, 15) is 4.39 Å². The number of hydrogen-bond donors (Lipinski definition) is 2. The molecule has 1 aromatic heterocycles. The Balaban J connectivity index is 2.37. The summed E-state index contributed by atoms with van der Waals surface area (Å²) in [4.78, 5) is 1.07. The van der Waals surface area contributed by atoms with Gasteiger partial charge in [0.25, 0.3) is 0 Å². The Morgan fingerprint density at radius 1 is 1.38 bits per heavy atom. The fraction of sp³-hybridized carbons (Fsp3) is 0.167. The van der Waals surface area contributed by atoms with Crippen LogP contribution in [0.15, 0.2) is 35.7 Å². The van der Waals surface area contributed by atoms with E-state index >= 15 is 0 Å². The van der Waals surface area contributed by atoms with Crippen molar-refractivity contribution in [3.63, 3.8) is 0 Å². The minimum Gasteiger partial charge on any atom is -0.271 e. The number of thiophene rings is 1. The Morgan fingerprint density at radius 2 is 2.19 bits per heavy atom. The Hall–Kier alpha value is -1.23. The first-order valence-electron chi connectivity index (χ1n) is 4.98. The maximum absolute atomic E-state index is 13.5. The highest BCUT2D eigenvalue weighted by atomic mass is 32.1. The molecule has 0 saturated heterocycles. The first-order chi connectivity index (χ1) is 7.72. The molecule has 0 aliphatic heterocycles. The van der Waals surface area contributed by atoms with Crippen LogP contribution in [0.25, 0.3) is 0 Å². The summed E-state index contributed by atoms with van der Waals surface area (Å²) in [5, 5.41) is 1.98. The third kappa shape index (κ3) is 2.14. The van der Waals surface area contributed by atoms with Crippen LogP contribution in [0.5, 0.6) is 0 Å². The maximum atomic E-state index is 13.5. The average Bonchev–Trinajstić information content (AvgIpc) is 2.78. The van der Waals surface area contributed by atoms with Crippen LogP contribution in [0.3, 0.4) is 0 Å². The summed E-state index contributed by atoms with van der Waals surface area (Å²) in [5.41, 5.74) is 4.20. The fourth-order valence-electron chi connectivity index (χ4n) is 1.59. The van der Waals surface area contributed by atoms with Gasteiger partial charge in [-0.25, -0.2) is 9.82 Å². The molecule has 2 rings (SSSR count). The molecule has 0 bridgehead atoms. The van der Waals surface area contributed by atoms with Gasteiger partial charge in [0.05, 0.1) is 6.04 Å². The third-order valence-electron chi connectivity index (χ3n) is 2.52. The predicted octanol–water partition coefficient (Wildman–Crippen LogP) is 2.75. The van der Waals surface area contributed by atoms with Crippen molar-refractivity contribution in [1.82, 2.24) is 5.43 Å². The Morgan fingerprint density at radius 3 is 2.75 bits per heavy atom. The van der Waals surface area contributed by atoms with Gasteiger partial charge < -0.3 is 0 Å². The van der Waals surface area contributed by atoms with E-state index in [1.54, 1.807) is 24.3 Å². The number of aryl methyl sites for hydroxylation is 1. The van der Waals surface area contributed by atoms with Gasteiger partial charge in [0.1, 0.15) is 5.82 Å². The second-order valence-electron chi connectivity index (χ2n) is 3.62. The van der Waals surface area contributed by atoms with Gasteiger partial charge in [0.15, 0.2) is 0 Å². The molecule has 0 fully saturated rings. The highest BCUT2D eigenvalue weighted by Gasteiger charge is 2.14. The van der Waals surface area contributed by atoms with Gasteiger partial charge in [0.2, 0.25) is 0 Å². The summed E-state index contributed by atoms with van der Waals surface area (Å²) >= 11 is 1.60. The molecular formula is C12H13FN2S. The zero-order valence-corrected chi connectivity index (χ0v) is 9.72. The largest absolute Gasteiger partial charge is 0.271 e. The summed E-state index contributed by atoms with van der Waals surface area (Å²) in [7, 11) is 0. The first-order valence-corrected chi connectivity index (χ1v) is 5.86. The fourth-order valence-corrected chi connectivity index (χ4v) is 2.40. The van der Waals surface area contributed by atoms with Crippen molar-refractivity contribution in [3.8, 4) is 0 Å². The zero-order valence-electron chi connectivity index (χ0n) is 8.91. The molecule has 1 aromatic carbocycles. The van der Waals surface area contributed by atoms with Gasteiger partial charge in [0, 0.05) is 4.88 Å². The van der Waals surface area contributed by atoms with Gasteiger partial charge in [-0.2, -0.15) is 0 Å². The van der Waals surface area contributed by atoms with Crippen molar-refractivity contribution in [3.05, 3.63) is 57.5 Å². The van der Waals surface area contributed by atoms with Crippen LogP contribution in [-0.2, 0) is 0 Å². The van der Waals surface area contributed by atoms with Crippen LogP contribution in [0, 0.1) is 12.7 Å². The second kappa shape index (κ2) is 4.74. The maximum Gasteiger partial charge on any atom is 0.126 e. The van der Waals surface area contributed by atoms with Gasteiger partial charge >= 0.3 is 0 Å². The SMILES string of the molecule is Cc1ccc(C(NN)c2cccs2)cc1F. The van der Waals surface area contributed by atoms with E-state index in [-0.39, 0.29) is 11.9 Å². The van der Waals surface area contributed by atoms with Crippen LogP contribution >= 0.6 is 11.3 Å². The minimum atomic E-state index is -0.200. The predicted molar refractivity (Wildman–Crippen MR) is 64.6 cm³/mol. The number of nitrogens with one attached hydrogen (secondary N) is 1. The molecule has 0 spiro atoms. The van der Waals surface area contributed by atoms with Crippen LogP contribution in [0.1, 0.15) is 22.0 Å². The number of benzene rings is 1. The molecule has 0 aliphatic carbocycles. The highest BCUT2D eigenvalue weighted by Crippen LogP contribution is 2.26. The van der Waals surface area contributed by atoms with Crippen LogP contribution in [-0.4, -0.2) is 0 Å². The van der Waals surface area contributed by atoms with Crippen molar-refractivity contribution in [1.29, 1.82) is 0 Å². The van der Waals surface area contributed by atoms with Gasteiger partial charge in [-0.3, -0.25) is 5.84 Å². The topological polar surface area (TPSA) is 38.0 Å². The van der Waals surface area contributed by atoms with Crippen LogP contribution in [0.4, 0.5) is 4.39 Å². The van der Waals surface area contributed by atoms with Gasteiger partial charge in [-0.15, -0.1) is 11.3 Å². The lowest BCUT2D eigenvalue weighted by atomic mass is 10.0. The number of nitrogens with two attached hydrogens (primary N) is 1. The quantitative estimate of drug-likeness (QED) is 0.635. The zero-order chi connectivity index (χ0) is 11.5. The van der Waals surface area contributed by atoms with Crippen molar-refractivity contribution in [2.45, 2.75) is 13.0 Å². The molecule has 84 valence electrons. The van der Waals surface area contributed by atoms with Crippen molar-refractivity contribution >= 4 is 11.3 Å². The second-order valence-corrected chi connectivity index (χ2v) is 4.60. The van der Waals surface area contributed by atoms with E-state index in [1.807, 2.05) is 23.6 Å². The molecule has 2 aromatic rings. The van der Waals surface area contributed by atoms with Gasteiger partial charge in [-0.05, 0) is 35.6 Å². The molecule has 1 heterocycles. The van der Waals surface area contributed by atoms with E-state index < -0.39 is 0 Å². The molecular weight excluding hydrogens is 223 g/mol. The summed E-state index contributed by atoms with van der Waals surface area (Å²) in [6.45, 7) is 1.75. The number of halogens is 1. The van der Waals surface area contributed by atoms with E-state index in [0.717, 1.165) is 10.4 Å². The molecule has 0 aliphatic rings. The summed E-state index contributed by atoms with van der Waals surface area (Å²) in [6, 6.07) is 8.97. The van der Waals surface area contributed by atoms with Crippen molar-refractivity contribution < 1.29 is 4.39 Å². The smallest absolute Gasteiger partial charge is 0.126 e. The molecule has 0 amide bonds. The Labute approximate surface area is 97.9 Å². The lowest BCUT2D eigenvalue weighted by Crippen LogP contribution is -2.28. The average molecular weight is 236 g/mol. The van der Waals surface area contributed by atoms with Crippen molar-refractivity contribution in [2.75, 3.05) is 0 Å². The minimum absolute atomic E-state index is 0.143. The summed E-state index contributed by atoms with van der Waals surface area (Å²) in [6.07, 6.45) is 0. The van der Waals surface area contributed by atoms with Crippen LogP contribution in [0.2, 0.25) is 0 Å².